The highest BCUT2D eigenvalue weighted by Crippen LogP contribution is 2.31. The third-order valence-electron chi connectivity index (χ3n) is 3.19. The molecule has 1 aromatic carbocycles. The van der Waals surface area contributed by atoms with Gasteiger partial charge in [0.05, 0.1) is 6.10 Å². The highest BCUT2D eigenvalue weighted by molar-refractivity contribution is 9.10. The van der Waals surface area contributed by atoms with Gasteiger partial charge in [-0.2, -0.15) is 0 Å². The van der Waals surface area contributed by atoms with Crippen LogP contribution >= 0.6 is 15.9 Å². The standard InChI is InChI=1S/C13H17BrO/c14-12-6-2-5-11(7-12)9-13(15)8-10-3-1-4-10/h2,5-7,10,13,15H,1,3-4,8-9H2. The number of rotatable bonds is 4. The number of aliphatic hydroxyl groups excluding tert-OH is 1. The van der Waals surface area contributed by atoms with Gasteiger partial charge in [0, 0.05) is 4.47 Å². The Morgan fingerprint density at radius 3 is 2.80 bits per heavy atom. The first-order valence-electron chi connectivity index (χ1n) is 5.66. The van der Waals surface area contributed by atoms with E-state index in [0.717, 1.165) is 23.2 Å². The second-order valence-corrected chi connectivity index (χ2v) is 5.44. The van der Waals surface area contributed by atoms with E-state index in [9.17, 15) is 5.11 Å². The van der Waals surface area contributed by atoms with Crippen LogP contribution in [0.1, 0.15) is 31.2 Å². The molecule has 1 aromatic rings. The molecule has 0 aromatic heterocycles. The average Bonchev–Trinajstić information content (AvgIpc) is 2.11. The quantitative estimate of drug-likeness (QED) is 0.886. The lowest BCUT2D eigenvalue weighted by molar-refractivity contribution is 0.118. The summed E-state index contributed by atoms with van der Waals surface area (Å²) in [5, 5.41) is 9.91. The van der Waals surface area contributed by atoms with Gasteiger partial charge < -0.3 is 5.11 Å². The summed E-state index contributed by atoms with van der Waals surface area (Å²) in [6, 6.07) is 8.20. The minimum absolute atomic E-state index is 0.162. The molecule has 1 unspecified atom stereocenters. The zero-order chi connectivity index (χ0) is 10.7. The molecule has 1 aliphatic carbocycles. The molecule has 0 saturated heterocycles. The Bertz CT molecular complexity index is 320. The monoisotopic (exact) mass is 268 g/mol. The van der Waals surface area contributed by atoms with E-state index in [1.807, 2.05) is 12.1 Å². The molecule has 1 fully saturated rings. The van der Waals surface area contributed by atoms with Crippen LogP contribution < -0.4 is 0 Å². The van der Waals surface area contributed by atoms with Crippen molar-refractivity contribution < 1.29 is 5.11 Å². The number of benzene rings is 1. The van der Waals surface area contributed by atoms with Crippen LogP contribution in [0.3, 0.4) is 0 Å². The summed E-state index contributed by atoms with van der Waals surface area (Å²) in [4.78, 5) is 0. The molecule has 1 aliphatic rings. The molecule has 0 bridgehead atoms. The predicted octanol–water partition coefficient (Wildman–Crippen LogP) is 3.54. The number of halogens is 1. The normalized spacial score (nSPS) is 18.5. The van der Waals surface area contributed by atoms with Gasteiger partial charge in [0.1, 0.15) is 0 Å². The van der Waals surface area contributed by atoms with Crippen LogP contribution in [0.4, 0.5) is 0 Å². The topological polar surface area (TPSA) is 20.2 Å². The molecule has 1 saturated carbocycles. The molecule has 0 amide bonds. The molecule has 15 heavy (non-hydrogen) atoms. The van der Waals surface area contributed by atoms with E-state index in [4.69, 9.17) is 0 Å². The molecule has 1 nitrogen and oxygen atoms in total. The minimum atomic E-state index is -0.162. The van der Waals surface area contributed by atoms with Gasteiger partial charge in [-0.1, -0.05) is 47.3 Å². The Hall–Kier alpha value is -0.340. The first-order chi connectivity index (χ1) is 7.24. The second kappa shape index (κ2) is 5.13. The lowest BCUT2D eigenvalue weighted by Crippen LogP contribution is -2.20. The Morgan fingerprint density at radius 2 is 2.20 bits per heavy atom. The Morgan fingerprint density at radius 1 is 1.40 bits per heavy atom. The van der Waals surface area contributed by atoms with E-state index in [-0.39, 0.29) is 6.10 Å². The fraction of sp³-hybridized carbons (Fsp3) is 0.538. The summed E-state index contributed by atoms with van der Waals surface area (Å²) in [7, 11) is 0. The summed E-state index contributed by atoms with van der Waals surface area (Å²) < 4.78 is 1.09. The molecule has 2 heteroatoms. The predicted molar refractivity (Wildman–Crippen MR) is 65.8 cm³/mol. The van der Waals surface area contributed by atoms with Crippen LogP contribution in [-0.2, 0) is 6.42 Å². The maximum absolute atomic E-state index is 9.91. The van der Waals surface area contributed by atoms with Crippen molar-refractivity contribution in [2.24, 2.45) is 5.92 Å². The molecule has 1 N–H and O–H groups in total. The van der Waals surface area contributed by atoms with Gasteiger partial charge in [0.15, 0.2) is 0 Å². The molecule has 0 spiro atoms. The van der Waals surface area contributed by atoms with Crippen molar-refractivity contribution in [3.05, 3.63) is 34.3 Å². The first kappa shape index (κ1) is 11.2. The van der Waals surface area contributed by atoms with E-state index < -0.39 is 0 Å². The van der Waals surface area contributed by atoms with E-state index in [0.29, 0.717) is 0 Å². The van der Waals surface area contributed by atoms with Crippen molar-refractivity contribution in [2.75, 3.05) is 0 Å². The van der Waals surface area contributed by atoms with Crippen molar-refractivity contribution in [1.29, 1.82) is 0 Å². The highest BCUT2D eigenvalue weighted by atomic mass is 79.9. The van der Waals surface area contributed by atoms with Gasteiger partial charge in [0.25, 0.3) is 0 Å². The Kier molecular flexibility index (Phi) is 3.81. The van der Waals surface area contributed by atoms with Crippen molar-refractivity contribution in [2.45, 2.75) is 38.2 Å². The van der Waals surface area contributed by atoms with Gasteiger partial charge in [-0.15, -0.1) is 0 Å². The lowest BCUT2D eigenvalue weighted by atomic mass is 9.80. The van der Waals surface area contributed by atoms with Gasteiger partial charge in [-0.05, 0) is 36.5 Å². The Labute approximate surface area is 99.6 Å². The molecule has 2 rings (SSSR count). The van der Waals surface area contributed by atoms with Crippen molar-refractivity contribution in [3.63, 3.8) is 0 Å². The first-order valence-corrected chi connectivity index (χ1v) is 6.46. The van der Waals surface area contributed by atoms with Crippen molar-refractivity contribution in [1.82, 2.24) is 0 Å². The zero-order valence-electron chi connectivity index (χ0n) is 8.82. The highest BCUT2D eigenvalue weighted by Gasteiger charge is 2.20. The summed E-state index contributed by atoms with van der Waals surface area (Å²) in [5.74, 6) is 0.784. The minimum Gasteiger partial charge on any atom is -0.393 e. The zero-order valence-corrected chi connectivity index (χ0v) is 10.4. The summed E-state index contributed by atoms with van der Waals surface area (Å²) >= 11 is 3.45. The van der Waals surface area contributed by atoms with E-state index in [1.165, 1.54) is 24.8 Å². The molecule has 1 atom stereocenters. The largest absolute Gasteiger partial charge is 0.393 e. The van der Waals surface area contributed by atoms with Gasteiger partial charge in [0.2, 0.25) is 0 Å². The molecular weight excluding hydrogens is 252 g/mol. The van der Waals surface area contributed by atoms with E-state index in [1.54, 1.807) is 0 Å². The SMILES string of the molecule is OC(Cc1cccc(Br)c1)CC1CCC1. The van der Waals surface area contributed by atoms with Gasteiger partial charge in [-0.25, -0.2) is 0 Å². The van der Waals surface area contributed by atoms with Crippen molar-refractivity contribution in [3.8, 4) is 0 Å². The molecule has 0 heterocycles. The number of hydrogen-bond acceptors (Lipinski definition) is 1. The van der Waals surface area contributed by atoms with Crippen LogP contribution in [0.5, 0.6) is 0 Å². The van der Waals surface area contributed by atoms with Gasteiger partial charge in [-0.3, -0.25) is 0 Å². The maximum atomic E-state index is 9.91. The summed E-state index contributed by atoms with van der Waals surface area (Å²) in [5.41, 5.74) is 1.22. The summed E-state index contributed by atoms with van der Waals surface area (Å²) in [6.07, 6.45) is 5.59. The Balaban J connectivity index is 1.84. The van der Waals surface area contributed by atoms with Crippen LogP contribution in [0, 0.1) is 5.92 Å². The maximum Gasteiger partial charge on any atom is 0.0583 e. The number of hydrogen-bond donors (Lipinski definition) is 1. The van der Waals surface area contributed by atoms with Crippen LogP contribution in [0.25, 0.3) is 0 Å². The van der Waals surface area contributed by atoms with Crippen LogP contribution in [0.2, 0.25) is 0 Å². The smallest absolute Gasteiger partial charge is 0.0583 e. The molecular formula is C13H17BrO. The fourth-order valence-corrected chi connectivity index (χ4v) is 2.58. The molecule has 82 valence electrons. The van der Waals surface area contributed by atoms with Crippen LogP contribution in [0.15, 0.2) is 28.7 Å². The average molecular weight is 269 g/mol. The molecule has 0 aliphatic heterocycles. The third kappa shape index (κ3) is 3.32. The second-order valence-electron chi connectivity index (χ2n) is 4.52. The number of aliphatic hydroxyl groups is 1. The lowest BCUT2D eigenvalue weighted by Gasteiger charge is -2.27. The van der Waals surface area contributed by atoms with Crippen molar-refractivity contribution >= 4 is 15.9 Å². The third-order valence-corrected chi connectivity index (χ3v) is 3.68. The van der Waals surface area contributed by atoms with E-state index in [2.05, 4.69) is 28.1 Å². The fourth-order valence-electron chi connectivity index (χ4n) is 2.13. The summed E-state index contributed by atoms with van der Waals surface area (Å²) in [6.45, 7) is 0. The van der Waals surface area contributed by atoms with Crippen LogP contribution in [-0.4, -0.2) is 11.2 Å². The van der Waals surface area contributed by atoms with Gasteiger partial charge >= 0.3 is 0 Å². The van der Waals surface area contributed by atoms with E-state index >= 15 is 0 Å². The molecule has 0 radical (unpaired) electrons.